The lowest BCUT2D eigenvalue weighted by molar-refractivity contribution is 0.210. The Hall–Kier alpha value is -1.92. The standard InChI is InChI=1S/C15H21N5O/c1-16-12-7-9-20(10-8-12)15-17-14(18-19-15)13(21)11-5-3-2-4-6-11/h2-6,12-13,16,21H,7-10H2,1H3,(H,17,18,19). The highest BCUT2D eigenvalue weighted by Crippen LogP contribution is 2.21. The number of aromatic amines is 1. The zero-order valence-corrected chi connectivity index (χ0v) is 12.2. The van der Waals surface area contributed by atoms with Crippen molar-refractivity contribution in [3.05, 3.63) is 41.7 Å². The molecule has 1 aromatic heterocycles. The number of H-pyrrole nitrogens is 1. The molecule has 6 nitrogen and oxygen atoms in total. The number of aromatic nitrogens is 3. The number of aliphatic hydroxyl groups excluding tert-OH is 1. The summed E-state index contributed by atoms with van der Waals surface area (Å²) in [7, 11) is 2.00. The lowest BCUT2D eigenvalue weighted by Gasteiger charge is -2.30. The summed E-state index contributed by atoms with van der Waals surface area (Å²) in [6, 6.07) is 10.1. The van der Waals surface area contributed by atoms with Crippen molar-refractivity contribution >= 4 is 5.95 Å². The first-order valence-electron chi connectivity index (χ1n) is 7.35. The van der Waals surface area contributed by atoms with Crippen molar-refractivity contribution in [3.8, 4) is 0 Å². The van der Waals surface area contributed by atoms with E-state index in [4.69, 9.17) is 0 Å². The van der Waals surface area contributed by atoms with Crippen LogP contribution in [0.25, 0.3) is 0 Å². The summed E-state index contributed by atoms with van der Waals surface area (Å²) in [6.45, 7) is 1.87. The molecular weight excluding hydrogens is 266 g/mol. The van der Waals surface area contributed by atoms with Crippen LogP contribution in [-0.2, 0) is 0 Å². The predicted molar refractivity (Wildman–Crippen MR) is 81.2 cm³/mol. The van der Waals surface area contributed by atoms with Gasteiger partial charge in [0.15, 0.2) is 5.82 Å². The number of benzene rings is 1. The van der Waals surface area contributed by atoms with Gasteiger partial charge in [-0.05, 0) is 25.5 Å². The maximum absolute atomic E-state index is 10.3. The molecule has 3 N–H and O–H groups in total. The molecule has 1 aliphatic rings. The first-order valence-corrected chi connectivity index (χ1v) is 7.35. The second kappa shape index (κ2) is 6.24. The van der Waals surface area contributed by atoms with Gasteiger partial charge in [-0.2, -0.15) is 4.98 Å². The summed E-state index contributed by atoms with van der Waals surface area (Å²) >= 11 is 0. The zero-order valence-electron chi connectivity index (χ0n) is 12.2. The number of nitrogens with one attached hydrogen (secondary N) is 2. The van der Waals surface area contributed by atoms with Gasteiger partial charge in [-0.15, -0.1) is 5.10 Å². The molecule has 0 aliphatic carbocycles. The van der Waals surface area contributed by atoms with Gasteiger partial charge in [0.1, 0.15) is 6.10 Å². The maximum Gasteiger partial charge on any atom is 0.244 e. The normalized spacial score (nSPS) is 17.9. The van der Waals surface area contributed by atoms with Crippen molar-refractivity contribution in [1.29, 1.82) is 0 Å². The summed E-state index contributed by atoms with van der Waals surface area (Å²) in [5, 5.41) is 20.7. The molecule has 0 spiro atoms. The molecule has 6 heteroatoms. The third kappa shape index (κ3) is 3.06. The van der Waals surface area contributed by atoms with Gasteiger partial charge in [-0.1, -0.05) is 30.3 Å². The first-order chi connectivity index (χ1) is 10.3. The number of nitrogens with zero attached hydrogens (tertiary/aromatic N) is 3. The van der Waals surface area contributed by atoms with Crippen LogP contribution in [0.1, 0.15) is 30.3 Å². The van der Waals surface area contributed by atoms with E-state index in [2.05, 4.69) is 25.4 Å². The van der Waals surface area contributed by atoms with Crippen LogP contribution < -0.4 is 10.2 Å². The molecule has 2 heterocycles. The molecule has 1 aromatic carbocycles. The Kier molecular flexibility index (Phi) is 4.17. The molecule has 0 saturated carbocycles. The van der Waals surface area contributed by atoms with Gasteiger partial charge in [0.25, 0.3) is 0 Å². The molecule has 1 atom stereocenters. The number of hydrogen-bond donors (Lipinski definition) is 3. The van der Waals surface area contributed by atoms with E-state index < -0.39 is 6.10 Å². The average Bonchev–Trinajstić information content (AvgIpc) is 3.05. The predicted octanol–water partition coefficient (Wildman–Crippen LogP) is 1.07. The summed E-state index contributed by atoms with van der Waals surface area (Å²) in [5.41, 5.74) is 0.814. The molecule has 0 amide bonds. The smallest absolute Gasteiger partial charge is 0.244 e. The van der Waals surface area contributed by atoms with Crippen molar-refractivity contribution in [2.75, 3.05) is 25.0 Å². The van der Waals surface area contributed by atoms with Crippen LogP contribution in [0.2, 0.25) is 0 Å². The van der Waals surface area contributed by atoms with Crippen LogP contribution in [-0.4, -0.2) is 46.5 Å². The zero-order chi connectivity index (χ0) is 14.7. The SMILES string of the molecule is CNC1CCN(c2n[nH]c(C(O)c3ccccc3)n2)CC1. The summed E-state index contributed by atoms with van der Waals surface area (Å²) in [6.07, 6.45) is 1.41. The Balaban J connectivity index is 1.69. The van der Waals surface area contributed by atoms with Crippen molar-refractivity contribution < 1.29 is 5.11 Å². The molecule has 3 rings (SSSR count). The molecule has 1 unspecified atom stereocenters. The van der Waals surface area contributed by atoms with E-state index in [-0.39, 0.29) is 0 Å². The monoisotopic (exact) mass is 287 g/mol. The molecule has 21 heavy (non-hydrogen) atoms. The molecule has 0 radical (unpaired) electrons. The number of rotatable bonds is 4. The van der Waals surface area contributed by atoms with Gasteiger partial charge in [0, 0.05) is 19.1 Å². The van der Waals surface area contributed by atoms with Gasteiger partial charge < -0.3 is 15.3 Å². The van der Waals surface area contributed by atoms with Crippen molar-refractivity contribution in [2.45, 2.75) is 25.0 Å². The average molecular weight is 287 g/mol. The Bertz CT molecular complexity index is 562. The van der Waals surface area contributed by atoms with E-state index in [1.54, 1.807) is 0 Å². The Labute approximate surface area is 124 Å². The number of aliphatic hydroxyl groups is 1. The molecule has 0 bridgehead atoms. The molecule has 112 valence electrons. The van der Waals surface area contributed by atoms with Crippen LogP contribution in [0.15, 0.2) is 30.3 Å². The fraction of sp³-hybridized carbons (Fsp3) is 0.467. The molecule has 1 saturated heterocycles. The minimum atomic E-state index is -0.762. The van der Waals surface area contributed by atoms with Crippen LogP contribution in [0.4, 0.5) is 5.95 Å². The second-order valence-electron chi connectivity index (χ2n) is 5.38. The van der Waals surface area contributed by atoms with Gasteiger partial charge >= 0.3 is 0 Å². The van der Waals surface area contributed by atoms with Gasteiger partial charge in [-0.25, -0.2) is 0 Å². The maximum atomic E-state index is 10.3. The lowest BCUT2D eigenvalue weighted by Crippen LogP contribution is -2.41. The van der Waals surface area contributed by atoms with E-state index in [1.807, 2.05) is 37.4 Å². The molecule has 1 aliphatic heterocycles. The number of hydrogen-bond acceptors (Lipinski definition) is 5. The van der Waals surface area contributed by atoms with E-state index in [1.165, 1.54) is 0 Å². The highest BCUT2D eigenvalue weighted by Gasteiger charge is 2.22. The highest BCUT2D eigenvalue weighted by molar-refractivity contribution is 5.32. The quantitative estimate of drug-likeness (QED) is 0.784. The Morgan fingerprint density at radius 2 is 2.00 bits per heavy atom. The van der Waals surface area contributed by atoms with Gasteiger partial charge in [-0.3, -0.25) is 5.10 Å². The topological polar surface area (TPSA) is 77.1 Å². The van der Waals surface area contributed by atoms with Crippen LogP contribution in [0.3, 0.4) is 0 Å². The fourth-order valence-corrected chi connectivity index (χ4v) is 2.69. The minimum absolute atomic E-state index is 0.493. The molecule has 2 aromatic rings. The van der Waals surface area contributed by atoms with Crippen molar-refractivity contribution in [2.24, 2.45) is 0 Å². The lowest BCUT2D eigenvalue weighted by atomic mass is 10.1. The van der Waals surface area contributed by atoms with Crippen LogP contribution in [0, 0.1) is 0 Å². The second-order valence-corrected chi connectivity index (χ2v) is 5.38. The Morgan fingerprint density at radius 3 is 2.67 bits per heavy atom. The van der Waals surface area contributed by atoms with Crippen LogP contribution >= 0.6 is 0 Å². The highest BCUT2D eigenvalue weighted by atomic mass is 16.3. The van der Waals surface area contributed by atoms with Crippen molar-refractivity contribution in [1.82, 2.24) is 20.5 Å². The molecule has 1 fully saturated rings. The van der Waals surface area contributed by atoms with E-state index >= 15 is 0 Å². The van der Waals surface area contributed by atoms with Gasteiger partial charge in [0.05, 0.1) is 0 Å². The number of piperidine rings is 1. The van der Waals surface area contributed by atoms with E-state index in [0.29, 0.717) is 17.8 Å². The first kappa shape index (κ1) is 14.0. The van der Waals surface area contributed by atoms with Crippen molar-refractivity contribution in [3.63, 3.8) is 0 Å². The summed E-state index contributed by atoms with van der Waals surface area (Å²) < 4.78 is 0. The Morgan fingerprint density at radius 1 is 1.29 bits per heavy atom. The largest absolute Gasteiger partial charge is 0.380 e. The third-order valence-electron chi connectivity index (χ3n) is 4.05. The fourth-order valence-electron chi connectivity index (χ4n) is 2.69. The van der Waals surface area contributed by atoms with Crippen LogP contribution in [0.5, 0.6) is 0 Å². The minimum Gasteiger partial charge on any atom is -0.380 e. The third-order valence-corrected chi connectivity index (χ3v) is 4.05. The van der Waals surface area contributed by atoms with E-state index in [0.717, 1.165) is 31.5 Å². The molecular formula is C15H21N5O. The number of anilines is 1. The van der Waals surface area contributed by atoms with E-state index in [9.17, 15) is 5.11 Å². The van der Waals surface area contributed by atoms with Gasteiger partial charge in [0.2, 0.25) is 5.95 Å². The summed E-state index contributed by atoms with van der Waals surface area (Å²) in [5.74, 6) is 1.17. The summed E-state index contributed by atoms with van der Waals surface area (Å²) in [4.78, 5) is 6.61.